The molecule has 2 heterocycles. The number of nitrogens with one attached hydrogen (secondary N) is 1. The maximum absolute atomic E-state index is 12.5. The van der Waals surface area contributed by atoms with Crippen LogP contribution in [0.2, 0.25) is 10.0 Å². The Morgan fingerprint density at radius 2 is 2.00 bits per heavy atom. The molecular formula is C17H22Cl2N4OS. The van der Waals surface area contributed by atoms with Crippen molar-refractivity contribution in [1.29, 1.82) is 0 Å². The highest BCUT2D eigenvalue weighted by atomic mass is 35.5. The monoisotopic (exact) mass is 400 g/mol. The van der Waals surface area contributed by atoms with Gasteiger partial charge < -0.3 is 9.88 Å². The number of rotatable bonds is 6. The third kappa shape index (κ3) is 5.12. The van der Waals surface area contributed by atoms with E-state index < -0.39 is 0 Å². The van der Waals surface area contributed by atoms with Crippen LogP contribution in [0.4, 0.5) is 5.82 Å². The summed E-state index contributed by atoms with van der Waals surface area (Å²) in [7, 11) is 0. The van der Waals surface area contributed by atoms with Crippen LogP contribution in [0.1, 0.15) is 32.2 Å². The molecule has 25 heavy (non-hydrogen) atoms. The van der Waals surface area contributed by atoms with Gasteiger partial charge in [-0.15, -0.1) is 0 Å². The lowest BCUT2D eigenvalue weighted by Crippen LogP contribution is -2.24. The summed E-state index contributed by atoms with van der Waals surface area (Å²) < 4.78 is 2.17. The Kier molecular flexibility index (Phi) is 6.77. The van der Waals surface area contributed by atoms with Crippen LogP contribution < -0.4 is 5.32 Å². The number of hydrogen-bond donors (Lipinski definition) is 1. The number of aryl methyl sites for hydroxylation is 1. The second kappa shape index (κ2) is 8.43. The summed E-state index contributed by atoms with van der Waals surface area (Å²) in [5.74, 6) is 0.616. The predicted octanol–water partition coefficient (Wildman–Crippen LogP) is 4.98. The fraction of sp³-hybridized carbons (Fsp3) is 0.471. The number of amides is 1. The molecule has 0 spiro atoms. The first-order valence-electron chi connectivity index (χ1n) is 8.01. The van der Waals surface area contributed by atoms with Gasteiger partial charge in [-0.2, -0.15) is 0 Å². The molecule has 136 valence electrons. The lowest BCUT2D eigenvalue weighted by molar-refractivity contribution is -0.115. The molecule has 1 amide bonds. The van der Waals surface area contributed by atoms with E-state index in [2.05, 4.69) is 40.6 Å². The lowest BCUT2D eigenvalue weighted by Gasteiger charge is -2.15. The molecule has 1 unspecified atom stereocenters. The zero-order chi connectivity index (χ0) is 18.7. The Labute approximate surface area is 162 Å². The molecule has 0 radical (unpaired) electrons. The maximum atomic E-state index is 12.5. The normalized spacial score (nSPS) is 12.5. The fourth-order valence-electron chi connectivity index (χ4n) is 2.23. The van der Waals surface area contributed by atoms with Gasteiger partial charge in [-0.25, -0.2) is 9.97 Å². The molecule has 0 aliphatic rings. The second-order valence-electron chi connectivity index (χ2n) is 6.30. The van der Waals surface area contributed by atoms with Crippen LogP contribution in [0.15, 0.2) is 17.4 Å². The topological polar surface area (TPSA) is 59.8 Å². The third-order valence-electron chi connectivity index (χ3n) is 3.67. The molecule has 0 aromatic carbocycles. The van der Waals surface area contributed by atoms with E-state index in [9.17, 15) is 4.79 Å². The minimum atomic E-state index is -0.347. The number of anilines is 1. The van der Waals surface area contributed by atoms with Crippen molar-refractivity contribution in [2.24, 2.45) is 5.92 Å². The van der Waals surface area contributed by atoms with E-state index in [0.717, 1.165) is 23.1 Å². The molecule has 0 aliphatic heterocycles. The molecule has 2 rings (SSSR count). The standard InChI is InChI=1S/C17H22Cl2N4OS/c1-9(2)8-23-11(4)10(3)21-17(23)25-12(5)16(24)22-15-14(19)6-13(18)7-20-15/h6-7,9,12H,8H2,1-5H3,(H,20,22,24). The van der Waals surface area contributed by atoms with E-state index in [-0.39, 0.29) is 11.2 Å². The van der Waals surface area contributed by atoms with E-state index in [0.29, 0.717) is 21.8 Å². The van der Waals surface area contributed by atoms with Crippen LogP contribution in [0.25, 0.3) is 0 Å². The van der Waals surface area contributed by atoms with Crippen LogP contribution in [0.5, 0.6) is 0 Å². The van der Waals surface area contributed by atoms with Crippen molar-refractivity contribution in [1.82, 2.24) is 14.5 Å². The van der Waals surface area contributed by atoms with Crippen molar-refractivity contribution < 1.29 is 4.79 Å². The van der Waals surface area contributed by atoms with E-state index >= 15 is 0 Å². The smallest absolute Gasteiger partial charge is 0.238 e. The first kappa shape index (κ1) is 20.1. The van der Waals surface area contributed by atoms with Crippen molar-refractivity contribution >= 4 is 46.7 Å². The number of carbonyl (C=O) groups excluding carboxylic acids is 1. The highest BCUT2D eigenvalue weighted by Crippen LogP contribution is 2.28. The number of nitrogens with zero attached hydrogens (tertiary/aromatic N) is 3. The second-order valence-corrected chi connectivity index (χ2v) is 8.45. The Morgan fingerprint density at radius 1 is 1.32 bits per heavy atom. The SMILES string of the molecule is Cc1nc(SC(C)C(=O)Nc2ncc(Cl)cc2Cl)n(CC(C)C)c1C. The molecule has 0 aliphatic carbocycles. The van der Waals surface area contributed by atoms with Crippen LogP contribution in [0.3, 0.4) is 0 Å². The van der Waals surface area contributed by atoms with Gasteiger partial charge in [0, 0.05) is 18.4 Å². The summed E-state index contributed by atoms with van der Waals surface area (Å²) in [4.78, 5) is 21.1. The molecule has 0 bridgehead atoms. The summed E-state index contributed by atoms with van der Waals surface area (Å²) in [5, 5.41) is 3.98. The van der Waals surface area contributed by atoms with Crippen molar-refractivity contribution in [2.45, 2.75) is 51.6 Å². The van der Waals surface area contributed by atoms with Gasteiger partial charge in [-0.3, -0.25) is 4.79 Å². The van der Waals surface area contributed by atoms with Crippen LogP contribution in [-0.4, -0.2) is 25.7 Å². The molecular weight excluding hydrogens is 379 g/mol. The molecule has 0 saturated carbocycles. The number of carbonyl (C=O) groups is 1. The molecule has 2 aromatic heterocycles. The van der Waals surface area contributed by atoms with E-state index in [1.165, 1.54) is 18.0 Å². The van der Waals surface area contributed by atoms with Crippen molar-refractivity contribution in [2.75, 3.05) is 5.32 Å². The maximum Gasteiger partial charge on any atom is 0.238 e. The molecule has 5 nitrogen and oxygen atoms in total. The first-order chi connectivity index (χ1) is 11.7. The van der Waals surface area contributed by atoms with Crippen LogP contribution >= 0.6 is 35.0 Å². The van der Waals surface area contributed by atoms with E-state index in [1.807, 2.05) is 13.8 Å². The molecule has 0 fully saturated rings. The van der Waals surface area contributed by atoms with Crippen LogP contribution in [0, 0.1) is 19.8 Å². The molecule has 1 N–H and O–H groups in total. The molecule has 0 saturated heterocycles. The Morgan fingerprint density at radius 3 is 2.60 bits per heavy atom. The zero-order valence-electron chi connectivity index (χ0n) is 14.9. The highest BCUT2D eigenvalue weighted by molar-refractivity contribution is 8.00. The Bertz CT molecular complexity index is 776. The summed E-state index contributed by atoms with van der Waals surface area (Å²) in [5.41, 5.74) is 2.12. The van der Waals surface area contributed by atoms with Gasteiger partial charge in [0.15, 0.2) is 11.0 Å². The van der Waals surface area contributed by atoms with E-state index in [1.54, 1.807) is 6.07 Å². The largest absolute Gasteiger partial charge is 0.323 e. The molecule has 2 aromatic rings. The number of aromatic nitrogens is 3. The van der Waals surface area contributed by atoms with E-state index in [4.69, 9.17) is 23.2 Å². The average Bonchev–Trinajstić information content (AvgIpc) is 2.77. The summed E-state index contributed by atoms with van der Waals surface area (Å²) >= 11 is 13.3. The number of imidazole rings is 1. The van der Waals surface area contributed by atoms with Gasteiger partial charge in [0.1, 0.15) is 0 Å². The summed E-state index contributed by atoms with van der Waals surface area (Å²) in [6, 6.07) is 1.55. The molecule has 1 atom stereocenters. The van der Waals surface area contributed by atoms with Crippen molar-refractivity contribution in [3.63, 3.8) is 0 Å². The van der Waals surface area contributed by atoms with Gasteiger partial charge in [0.2, 0.25) is 5.91 Å². The minimum absolute atomic E-state index is 0.184. The summed E-state index contributed by atoms with van der Waals surface area (Å²) in [6.45, 7) is 11.1. The molecule has 8 heteroatoms. The Hall–Kier alpha value is -1.24. The zero-order valence-corrected chi connectivity index (χ0v) is 17.3. The fourth-order valence-corrected chi connectivity index (χ4v) is 3.67. The number of halogens is 2. The number of pyridine rings is 1. The van der Waals surface area contributed by atoms with Gasteiger partial charge >= 0.3 is 0 Å². The van der Waals surface area contributed by atoms with Crippen molar-refractivity contribution in [3.8, 4) is 0 Å². The van der Waals surface area contributed by atoms with Crippen LogP contribution in [-0.2, 0) is 11.3 Å². The quantitative estimate of drug-likeness (QED) is 0.694. The lowest BCUT2D eigenvalue weighted by atomic mass is 10.2. The summed E-state index contributed by atoms with van der Waals surface area (Å²) in [6.07, 6.45) is 1.45. The first-order valence-corrected chi connectivity index (χ1v) is 9.64. The van der Waals surface area contributed by atoms with Gasteiger partial charge in [-0.1, -0.05) is 48.8 Å². The minimum Gasteiger partial charge on any atom is -0.323 e. The highest BCUT2D eigenvalue weighted by Gasteiger charge is 2.21. The van der Waals surface area contributed by atoms with Gasteiger partial charge in [-0.05, 0) is 32.8 Å². The predicted molar refractivity (Wildman–Crippen MR) is 105 cm³/mol. The third-order valence-corrected chi connectivity index (χ3v) is 5.26. The van der Waals surface area contributed by atoms with Gasteiger partial charge in [0.25, 0.3) is 0 Å². The Balaban J connectivity index is 2.12. The number of thioether (sulfide) groups is 1. The average molecular weight is 401 g/mol. The van der Waals surface area contributed by atoms with Crippen molar-refractivity contribution in [3.05, 3.63) is 33.7 Å². The number of hydrogen-bond acceptors (Lipinski definition) is 4. The van der Waals surface area contributed by atoms with Gasteiger partial charge in [0.05, 0.1) is 21.0 Å².